The fourth-order valence-electron chi connectivity index (χ4n) is 1.44. The van der Waals surface area contributed by atoms with Gasteiger partial charge in [0.25, 0.3) is 0 Å². The Balaban J connectivity index is 2.03. The van der Waals surface area contributed by atoms with Crippen molar-refractivity contribution in [3.8, 4) is 5.88 Å². The second-order valence-electron chi connectivity index (χ2n) is 3.75. The van der Waals surface area contributed by atoms with Crippen LogP contribution in [0.15, 0.2) is 47.8 Å². The van der Waals surface area contributed by atoms with Crippen molar-refractivity contribution in [3.05, 3.63) is 58.7 Å². The third-order valence-corrected chi connectivity index (χ3v) is 2.84. The van der Waals surface area contributed by atoms with Gasteiger partial charge >= 0.3 is 0 Å². The van der Waals surface area contributed by atoms with Crippen molar-refractivity contribution in [2.75, 3.05) is 0 Å². The molecule has 0 unspecified atom stereocenters. The first kappa shape index (κ1) is 13.2. The molecule has 1 heterocycles. The van der Waals surface area contributed by atoms with E-state index in [2.05, 4.69) is 10.1 Å². The van der Waals surface area contributed by atoms with Crippen LogP contribution < -0.4 is 10.5 Å². The minimum absolute atomic E-state index is 0.00477. The van der Waals surface area contributed by atoms with Gasteiger partial charge in [-0.2, -0.15) is 0 Å². The summed E-state index contributed by atoms with van der Waals surface area (Å²) in [6.45, 7) is 0.329. The van der Waals surface area contributed by atoms with E-state index in [0.717, 1.165) is 5.56 Å². The van der Waals surface area contributed by atoms with Gasteiger partial charge in [-0.25, -0.2) is 4.98 Å². The molecule has 5 nitrogen and oxygen atoms in total. The van der Waals surface area contributed by atoms with E-state index in [9.17, 15) is 0 Å². The van der Waals surface area contributed by atoms with Gasteiger partial charge < -0.3 is 15.7 Å². The summed E-state index contributed by atoms with van der Waals surface area (Å²) in [5.74, 6) is 0.444. The molecule has 1 aromatic carbocycles. The van der Waals surface area contributed by atoms with E-state index in [-0.39, 0.29) is 5.84 Å². The molecular weight excluding hydrogens is 266 g/mol. The molecule has 3 N–H and O–H groups in total. The molecule has 98 valence electrons. The summed E-state index contributed by atoms with van der Waals surface area (Å²) in [4.78, 5) is 4.06. The monoisotopic (exact) mass is 277 g/mol. The summed E-state index contributed by atoms with van der Waals surface area (Å²) in [6.07, 6.45) is 1.47. The smallest absolute Gasteiger partial charge is 0.213 e. The van der Waals surface area contributed by atoms with Crippen molar-refractivity contribution < 1.29 is 9.94 Å². The van der Waals surface area contributed by atoms with Gasteiger partial charge in [0.15, 0.2) is 5.84 Å². The van der Waals surface area contributed by atoms with Crippen LogP contribution in [0.1, 0.15) is 11.1 Å². The normalized spacial score (nSPS) is 11.3. The number of benzene rings is 1. The van der Waals surface area contributed by atoms with Crippen molar-refractivity contribution in [1.29, 1.82) is 0 Å². The minimum atomic E-state index is 0.00477. The largest absolute Gasteiger partial charge is 0.473 e. The Morgan fingerprint density at radius 3 is 2.74 bits per heavy atom. The molecule has 2 aromatic rings. The molecule has 0 fully saturated rings. The highest BCUT2D eigenvalue weighted by Gasteiger charge is 2.03. The molecule has 19 heavy (non-hydrogen) atoms. The molecule has 0 saturated heterocycles. The topological polar surface area (TPSA) is 80.7 Å². The molecule has 0 atom stereocenters. The van der Waals surface area contributed by atoms with Crippen LogP contribution in [0, 0.1) is 0 Å². The number of halogens is 1. The fourth-order valence-corrected chi connectivity index (χ4v) is 1.63. The van der Waals surface area contributed by atoms with Crippen molar-refractivity contribution >= 4 is 17.4 Å². The molecule has 2 rings (SSSR count). The van der Waals surface area contributed by atoms with Crippen molar-refractivity contribution in [2.24, 2.45) is 10.9 Å². The van der Waals surface area contributed by atoms with Crippen LogP contribution in [0.25, 0.3) is 0 Å². The average molecular weight is 278 g/mol. The highest BCUT2D eigenvalue weighted by atomic mass is 35.5. The molecule has 0 amide bonds. The lowest BCUT2D eigenvalue weighted by molar-refractivity contribution is 0.294. The number of nitrogens with two attached hydrogens (primary N) is 1. The molecule has 0 aliphatic heterocycles. The van der Waals surface area contributed by atoms with E-state index >= 15 is 0 Å². The summed E-state index contributed by atoms with van der Waals surface area (Å²) in [5, 5.41) is 12.1. The first-order valence-corrected chi connectivity index (χ1v) is 5.88. The average Bonchev–Trinajstić information content (AvgIpc) is 2.46. The molecule has 0 radical (unpaired) electrons. The lowest BCUT2D eigenvalue weighted by atomic mass is 10.2. The Bertz CT molecular complexity index is 585. The van der Waals surface area contributed by atoms with E-state index in [1.165, 1.54) is 6.20 Å². The maximum Gasteiger partial charge on any atom is 0.213 e. The van der Waals surface area contributed by atoms with Gasteiger partial charge in [0.1, 0.15) is 6.61 Å². The Kier molecular flexibility index (Phi) is 4.20. The maximum absolute atomic E-state index is 8.53. The lowest BCUT2D eigenvalue weighted by Crippen LogP contribution is -2.13. The standard InChI is InChI=1S/C13H12ClN3O2/c14-11-4-2-1-3-10(11)8-19-12-6-5-9(7-16-12)13(15)17-18/h1-7,18H,8H2,(H2,15,17). The van der Waals surface area contributed by atoms with Gasteiger partial charge in [0.05, 0.1) is 0 Å². The second kappa shape index (κ2) is 6.06. The third-order valence-electron chi connectivity index (χ3n) is 2.47. The molecule has 1 aromatic heterocycles. The SMILES string of the molecule is N/C(=N\O)c1ccc(OCc2ccccc2Cl)nc1. The number of pyridine rings is 1. The highest BCUT2D eigenvalue weighted by Crippen LogP contribution is 2.17. The van der Waals surface area contributed by atoms with Crippen LogP contribution >= 0.6 is 11.6 Å². The molecule has 0 spiro atoms. The lowest BCUT2D eigenvalue weighted by Gasteiger charge is -2.07. The zero-order valence-electron chi connectivity index (χ0n) is 9.95. The summed E-state index contributed by atoms with van der Waals surface area (Å²) >= 11 is 6.02. The predicted octanol–water partition coefficient (Wildman–Crippen LogP) is 2.41. The first-order valence-electron chi connectivity index (χ1n) is 5.51. The summed E-state index contributed by atoms with van der Waals surface area (Å²) in [7, 11) is 0. The van der Waals surface area contributed by atoms with Crippen LogP contribution in [0.2, 0.25) is 5.02 Å². The van der Waals surface area contributed by atoms with Gasteiger partial charge in [-0.05, 0) is 12.1 Å². The van der Waals surface area contributed by atoms with Crippen molar-refractivity contribution in [3.63, 3.8) is 0 Å². The number of nitrogens with zero attached hydrogens (tertiary/aromatic N) is 2. The van der Waals surface area contributed by atoms with E-state index in [0.29, 0.717) is 23.1 Å². The molecule has 6 heteroatoms. The Morgan fingerprint density at radius 2 is 2.11 bits per heavy atom. The van der Waals surface area contributed by atoms with Gasteiger partial charge in [-0.1, -0.05) is 35.0 Å². The zero-order valence-corrected chi connectivity index (χ0v) is 10.7. The summed E-state index contributed by atoms with van der Waals surface area (Å²) in [5.41, 5.74) is 6.83. The number of oxime groups is 1. The quantitative estimate of drug-likeness (QED) is 0.389. The summed E-state index contributed by atoms with van der Waals surface area (Å²) < 4.78 is 5.50. The van der Waals surface area contributed by atoms with Crippen LogP contribution in [0.5, 0.6) is 5.88 Å². The van der Waals surface area contributed by atoms with Crippen LogP contribution in [0.3, 0.4) is 0 Å². The molecule has 0 saturated carbocycles. The number of aromatic nitrogens is 1. The van der Waals surface area contributed by atoms with E-state index in [4.69, 9.17) is 27.3 Å². The number of amidine groups is 1. The van der Waals surface area contributed by atoms with Gasteiger partial charge in [-0.3, -0.25) is 0 Å². The van der Waals surface area contributed by atoms with Crippen molar-refractivity contribution in [1.82, 2.24) is 4.98 Å². The van der Waals surface area contributed by atoms with Crippen LogP contribution in [-0.4, -0.2) is 16.0 Å². The number of ether oxygens (including phenoxy) is 1. The van der Waals surface area contributed by atoms with E-state index in [1.807, 2.05) is 18.2 Å². The van der Waals surface area contributed by atoms with Gasteiger partial charge in [0, 0.05) is 28.4 Å². The fraction of sp³-hybridized carbons (Fsp3) is 0.0769. The molecule has 0 aliphatic carbocycles. The van der Waals surface area contributed by atoms with Gasteiger partial charge in [-0.15, -0.1) is 0 Å². The molecular formula is C13H12ClN3O2. The number of hydrogen-bond acceptors (Lipinski definition) is 4. The maximum atomic E-state index is 8.53. The predicted molar refractivity (Wildman–Crippen MR) is 72.5 cm³/mol. The highest BCUT2D eigenvalue weighted by molar-refractivity contribution is 6.31. The summed E-state index contributed by atoms with van der Waals surface area (Å²) in [6, 6.07) is 10.7. The molecule has 0 bridgehead atoms. The molecule has 0 aliphatic rings. The minimum Gasteiger partial charge on any atom is -0.473 e. The third kappa shape index (κ3) is 3.35. The zero-order chi connectivity index (χ0) is 13.7. The number of rotatable bonds is 4. The Labute approximate surface area is 115 Å². The van der Waals surface area contributed by atoms with E-state index < -0.39 is 0 Å². The number of hydrogen-bond donors (Lipinski definition) is 2. The van der Waals surface area contributed by atoms with Crippen molar-refractivity contribution in [2.45, 2.75) is 6.61 Å². The van der Waals surface area contributed by atoms with Gasteiger partial charge in [0.2, 0.25) is 5.88 Å². The second-order valence-corrected chi connectivity index (χ2v) is 4.16. The van der Waals surface area contributed by atoms with Crippen LogP contribution in [0.4, 0.5) is 0 Å². The van der Waals surface area contributed by atoms with Crippen LogP contribution in [-0.2, 0) is 6.61 Å². The first-order chi connectivity index (χ1) is 9.20. The Morgan fingerprint density at radius 1 is 1.32 bits per heavy atom. The Hall–Kier alpha value is -2.27. The van der Waals surface area contributed by atoms with E-state index in [1.54, 1.807) is 18.2 Å².